The summed E-state index contributed by atoms with van der Waals surface area (Å²) in [5.41, 5.74) is 26.3. The molecule has 8 atom stereocenters. The first-order valence-corrected chi connectivity index (χ1v) is 37.9. The Hall–Kier alpha value is -9.73. The summed E-state index contributed by atoms with van der Waals surface area (Å²) < 4.78 is 16.5. The highest BCUT2D eigenvalue weighted by Gasteiger charge is 2.42. The number of ketones is 1. The van der Waals surface area contributed by atoms with E-state index >= 15 is 0 Å². The average molecular weight is 1510 g/mol. The standard InChI is InChI=1S/C69H91N17O16S3/c1-69(2,3)105-104-39-53(78-67(98)101-36-42-20-24-46(25-21-42)79-81-71)63(94)75-50(17-9-11-29-83(4)5)62(93)77-52(32-45-35-74-49-16-7-6-15-48(45)49)66(97)100-38-58(88)84-30-12-18-54(84)57(87)33-44(61(92)76-51(34-59(89)90)65(96)85-31-13-19-55(85)60(70)91)14-8-10-28-73-64(95)56-40-103-41-86(56)68(99)102-37-43-22-26-47(27-23-43)80-82-72/h6-7,15-16,20-27,35,44,50-56,74H,8-14,17-19,28-34,36-41H2,1-5H3,(H2,70,91)(H,73,95)(H,75,94)(H,76,92)(H,77,93)(H,78,98)(H,89,90)/t44-,50+,51+,52+,53+,54+,55+,56+/m1/s1. The summed E-state index contributed by atoms with van der Waals surface area (Å²) in [7, 11) is 6.57. The van der Waals surface area contributed by atoms with Gasteiger partial charge in [0.1, 0.15) is 49.5 Å². The number of nitrogens with two attached hydrogens (primary N) is 1. The summed E-state index contributed by atoms with van der Waals surface area (Å²) in [5.74, 6) is -9.09. The largest absolute Gasteiger partial charge is 0.481 e. The quantitative estimate of drug-likeness (QED) is 0.00412. The predicted molar refractivity (Wildman–Crippen MR) is 393 cm³/mol. The van der Waals surface area contributed by atoms with Gasteiger partial charge in [0.2, 0.25) is 35.4 Å². The molecule has 1 aromatic heterocycles. The molecule has 3 fully saturated rings. The second-order valence-corrected chi connectivity index (χ2v) is 30.9. The molecule has 3 aliphatic rings. The summed E-state index contributed by atoms with van der Waals surface area (Å²) in [5, 5.41) is 31.3. The Morgan fingerprint density at radius 2 is 1.33 bits per heavy atom. The molecule has 0 saturated carbocycles. The number of para-hydroxylation sites is 1. The highest BCUT2D eigenvalue weighted by atomic mass is 33.1. The molecular formula is C69H91N17O16S3. The van der Waals surface area contributed by atoms with Gasteiger partial charge in [0, 0.05) is 92.9 Å². The van der Waals surface area contributed by atoms with Gasteiger partial charge >= 0.3 is 24.1 Å². The number of nitrogens with one attached hydrogen (secondary N) is 6. The van der Waals surface area contributed by atoms with Crippen molar-refractivity contribution in [2.75, 3.05) is 64.3 Å². The molecule has 9 amide bonds. The SMILES string of the molecule is CN(C)CCCC[C@H](NC(=O)[C@H](CSSC(C)(C)C)NC(=O)OCc1ccc(N=[N+]=[N-])cc1)C(=O)N[C@@H](Cc1c[nH]c2ccccc12)C(=O)OCC(=O)N1CCC[C@H]1C(=O)C[C@@H](CCCCNC(=O)[C@@H]1CSCN1C(=O)OCc1ccc(N=[N+]=[N-])cc1)C(=O)N[C@@H](CC(=O)O)C(=O)N1CCC[C@H]1C(N)=O. The maximum atomic E-state index is 14.8. The van der Waals surface area contributed by atoms with Crippen molar-refractivity contribution in [2.24, 2.45) is 21.9 Å². The van der Waals surface area contributed by atoms with Gasteiger partial charge in [-0.2, -0.15) is 0 Å². The van der Waals surface area contributed by atoms with E-state index in [2.05, 4.69) is 51.6 Å². The first-order valence-electron chi connectivity index (χ1n) is 34.4. The van der Waals surface area contributed by atoms with Crippen molar-refractivity contribution in [1.82, 2.24) is 51.2 Å². The molecule has 3 aromatic carbocycles. The molecular weight excluding hydrogens is 1420 g/mol. The zero-order valence-electron chi connectivity index (χ0n) is 59.2. The van der Waals surface area contributed by atoms with E-state index in [4.69, 9.17) is 31.0 Å². The fourth-order valence-corrected chi connectivity index (χ4v) is 15.7. The van der Waals surface area contributed by atoms with Crippen LogP contribution in [0.5, 0.6) is 0 Å². The highest BCUT2D eigenvalue weighted by Crippen LogP contribution is 2.36. The van der Waals surface area contributed by atoms with E-state index in [1.54, 1.807) is 60.8 Å². The second kappa shape index (κ2) is 41.1. The number of carboxylic acid groups (broad SMARTS) is 1. The van der Waals surface area contributed by atoms with E-state index in [0.717, 1.165) is 10.4 Å². The van der Waals surface area contributed by atoms with Gasteiger partial charge in [-0.1, -0.05) is 126 Å². The first-order chi connectivity index (χ1) is 50.2. The highest BCUT2D eigenvalue weighted by molar-refractivity contribution is 8.77. The van der Waals surface area contributed by atoms with Crippen molar-refractivity contribution >= 4 is 127 Å². The molecule has 7 rings (SSSR count). The van der Waals surface area contributed by atoms with E-state index in [1.165, 1.54) is 43.1 Å². The lowest BCUT2D eigenvalue weighted by Gasteiger charge is -2.29. The smallest absolute Gasteiger partial charge is 0.411 e. The van der Waals surface area contributed by atoms with Gasteiger partial charge in [-0.25, -0.2) is 14.4 Å². The Bertz CT molecular complexity index is 3830. The molecule has 9 N–H and O–H groups in total. The summed E-state index contributed by atoms with van der Waals surface area (Å²) in [6.45, 7) is 5.55. The van der Waals surface area contributed by atoms with Crippen molar-refractivity contribution in [3.63, 3.8) is 0 Å². The van der Waals surface area contributed by atoms with Gasteiger partial charge in [0.15, 0.2) is 12.4 Å². The number of aliphatic carboxylic acids is 1. The predicted octanol–water partition coefficient (Wildman–Crippen LogP) is 7.31. The Balaban J connectivity index is 1.04. The van der Waals surface area contributed by atoms with Gasteiger partial charge in [0.25, 0.3) is 5.91 Å². The fraction of sp³-hybridized carbons (Fsp3) is 0.536. The Morgan fingerprint density at radius 3 is 1.98 bits per heavy atom. The van der Waals surface area contributed by atoms with Crippen LogP contribution in [-0.4, -0.2) is 212 Å². The number of thioether (sulfide) groups is 1. The Kier molecular flexibility index (Phi) is 32.3. The number of alkyl carbamates (subject to hydrolysis) is 1. The van der Waals surface area contributed by atoms with Crippen molar-refractivity contribution in [1.29, 1.82) is 0 Å². The van der Waals surface area contributed by atoms with Crippen molar-refractivity contribution in [3.05, 3.63) is 117 Å². The summed E-state index contributed by atoms with van der Waals surface area (Å²) in [4.78, 5) is 180. The van der Waals surface area contributed by atoms with E-state index in [0.29, 0.717) is 65.7 Å². The molecule has 0 aliphatic carbocycles. The van der Waals surface area contributed by atoms with Crippen LogP contribution in [0.2, 0.25) is 0 Å². The lowest BCUT2D eigenvalue weighted by atomic mass is 9.91. The van der Waals surface area contributed by atoms with Crippen molar-refractivity contribution < 1.29 is 76.9 Å². The van der Waals surface area contributed by atoms with Crippen LogP contribution in [0.3, 0.4) is 0 Å². The van der Waals surface area contributed by atoms with E-state index in [9.17, 15) is 62.6 Å². The summed E-state index contributed by atoms with van der Waals surface area (Å²) in [6, 6.07) is 11.2. The van der Waals surface area contributed by atoms with E-state index in [-0.39, 0.29) is 99.9 Å². The van der Waals surface area contributed by atoms with Crippen LogP contribution in [0.25, 0.3) is 31.8 Å². The number of azide groups is 2. The van der Waals surface area contributed by atoms with Gasteiger partial charge < -0.3 is 71.3 Å². The molecule has 0 spiro atoms. The molecule has 0 radical (unpaired) electrons. The minimum atomic E-state index is -1.67. The Labute approximate surface area is 619 Å². The third-order valence-electron chi connectivity index (χ3n) is 17.4. The number of aromatic nitrogens is 1. The van der Waals surface area contributed by atoms with Gasteiger partial charge in [-0.3, -0.25) is 48.1 Å². The van der Waals surface area contributed by atoms with Crippen LogP contribution in [0.1, 0.15) is 115 Å². The number of fused-ring (bicyclic) bond motifs is 1. The third kappa shape index (κ3) is 26.1. The number of likely N-dealkylation sites (tertiary alicyclic amines) is 2. The number of esters is 1. The number of unbranched alkanes of at least 4 members (excludes halogenated alkanes) is 2. The third-order valence-corrected chi connectivity index (χ3v) is 21.8. The number of hydrogen-bond acceptors (Lipinski definition) is 21. The fourth-order valence-electron chi connectivity index (χ4n) is 12.0. The molecule has 4 aromatic rings. The number of nitrogens with zero attached hydrogens (tertiary/aromatic N) is 10. The van der Waals surface area contributed by atoms with E-state index in [1.807, 2.05) is 58.0 Å². The maximum absolute atomic E-state index is 14.8. The number of primary amides is 1. The summed E-state index contributed by atoms with van der Waals surface area (Å²) in [6.07, 6.45) is 1.07. The molecule has 33 nitrogen and oxygen atoms in total. The number of hydrogen-bond donors (Lipinski definition) is 8. The zero-order valence-corrected chi connectivity index (χ0v) is 61.7. The number of amides is 9. The van der Waals surface area contributed by atoms with Crippen LogP contribution < -0.4 is 32.3 Å². The minimum Gasteiger partial charge on any atom is -0.481 e. The van der Waals surface area contributed by atoms with Crippen molar-refractivity contribution in [2.45, 2.75) is 164 Å². The molecule has 105 heavy (non-hydrogen) atoms. The molecule has 0 unspecified atom stereocenters. The number of ether oxygens (including phenoxy) is 3. The minimum absolute atomic E-state index is 0.0393. The number of rotatable bonds is 39. The summed E-state index contributed by atoms with van der Waals surface area (Å²) >= 11 is 1.35. The van der Waals surface area contributed by atoms with Crippen LogP contribution >= 0.6 is 33.3 Å². The molecule has 0 bridgehead atoms. The number of benzene rings is 3. The molecule has 3 saturated heterocycles. The average Bonchev–Trinajstić information content (AvgIpc) is 1.73. The van der Waals surface area contributed by atoms with Crippen LogP contribution in [0.15, 0.2) is 89.2 Å². The van der Waals surface area contributed by atoms with Crippen LogP contribution in [-0.2, 0) is 81.8 Å². The lowest BCUT2D eigenvalue weighted by Crippen LogP contribution is -2.57. The topological polar surface area (TPSA) is 465 Å². The number of aromatic amines is 1. The molecule has 4 heterocycles. The monoisotopic (exact) mass is 1510 g/mol. The van der Waals surface area contributed by atoms with Gasteiger partial charge in [-0.05, 0) is 112 Å². The van der Waals surface area contributed by atoms with E-state index < -0.39 is 139 Å². The van der Waals surface area contributed by atoms with Crippen molar-refractivity contribution in [3.8, 4) is 0 Å². The van der Waals surface area contributed by atoms with Gasteiger partial charge in [0.05, 0.1) is 18.3 Å². The maximum Gasteiger partial charge on any atom is 0.411 e. The number of H-pyrrole nitrogens is 1. The number of Topliss-reactive ketones (excluding diaryl/α,β-unsaturated/α-hetero) is 1. The van der Waals surface area contributed by atoms with Crippen LogP contribution in [0, 0.1) is 5.92 Å². The lowest BCUT2D eigenvalue weighted by molar-refractivity contribution is -0.155. The number of carbonyl (C=O) groups is 12. The second-order valence-electron chi connectivity index (χ2n) is 26.7. The van der Waals surface area contributed by atoms with Gasteiger partial charge in [-0.15, -0.1) is 11.8 Å². The Morgan fingerprint density at radius 1 is 0.714 bits per heavy atom. The zero-order chi connectivity index (χ0) is 76.2. The number of carbonyl (C=O) groups excluding carboxylic acids is 11. The van der Waals surface area contributed by atoms with Crippen LogP contribution in [0.4, 0.5) is 21.0 Å². The normalized spacial score (nSPS) is 17.0. The molecule has 566 valence electrons. The molecule has 3 aliphatic heterocycles. The first kappa shape index (κ1) is 82.6. The number of carboxylic acids is 1. The molecule has 36 heteroatoms.